The fraction of sp³-hybridized carbons (Fsp3) is 0.818. The van der Waals surface area contributed by atoms with Crippen LogP contribution in [0.3, 0.4) is 0 Å². The van der Waals surface area contributed by atoms with Gasteiger partial charge in [0.25, 0.3) is 0 Å². The van der Waals surface area contributed by atoms with E-state index in [1.54, 1.807) is 0 Å². The highest BCUT2D eigenvalue weighted by Crippen LogP contribution is 2.35. The zero-order valence-electron chi connectivity index (χ0n) is 12.8. The number of guanidine groups is 1. The zero-order chi connectivity index (χ0) is 16.3. The first kappa shape index (κ1) is 18.6. The molecule has 21 heavy (non-hydrogen) atoms. The Balaban J connectivity index is 3.09. The summed E-state index contributed by atoms with van der Waals surface area (Å²) in [7, 11) is 3.86. The molecule has 0 spiro atoms. The molecule has 1 amide bonds. The molecule has 10 heteroatoms. The Morgan fingerprint density at radius 3 is 2.48 bits per heavy atom. The summed E-state index contributed by atoms with van der Waals surface area (Å²) in [4.78, 5) is 11.5. The number of nitrogens with two attached hydrogens (primary N) is 1. The van der Waals surface area contributed by atoms with Crippen molar-refractivity contribution in [1.29, 1.82) is 5.41 Å². The molecule has 6 N–H and O–H groups in total. The average Bonchev–Trinajstić information content (AvgIpc) is 2.36. The Labute approximate surface area is 140 Å². The van der Waals surface area contributed by atoms with Crippen LogP contribution in [0.15, 0.2) is 0 Å². The van der Waals surface area contributed by atoms with E-state index in [1.807, 2.05) is 22.6 Å². The van der Waals surface area contributed by atoms with Crippen molar-refractivity contribution in [2.45, 2.75) is 53.9 Å². The highest BCUT2D eigenvalue weighted by atomic mass is 127. The number of rotatable bonds is 4. The molecule has 118 valence electrons. The van der Waals surface area contributed by atoms with Crippen LogP contribution < -0.4 is 16.4 Å². The Morgan fingerprint density at radius 1 is 1.48 bits per heavy atom. The molecule has 0 aromatic heterocycles. The quantitative estimate of drug-likeness (QED) is 0.118. The maximum absolute atomic E-state index is 11.5. The molecule has 1 saturated heterocycles. The minimum atomic E-state index is -0.720. The molecule has 7 atom stereocenters. The predicted molar refractivity (Wildman–Crippen MR) is 95.4 cm³/mol. The van der Waals surface area contributed by atoms with Crippen molar-refractivity contribution in [2.24, 2.45) is 5.73 Å². The third-order valence-corrected chi connectivity index (χ3v) is 5.15. The van der Waals surface area contributed by atoms with Crippen molar-refractivity contribution in [3.05, 3.63) is 0 Å². The summed E-state index contributed by atoms with van der Waals surface area (Å²) < 4.78 is 5.77. The molecule has 5 unspecified atom stereocenters. The maximum atomic E-state index is 11.5. The number of carbonyl (C=O) groups excluding carboxylic acids is 1. The Kier molecular flexibility index (Phi) is 6.79. The lowest BCUT2D eigenvalue weighted by molar-refractivity contribution is -0.127. The van der Waals surface area contributed by atoms with Gasteiger partial charge in [0.1, 0.15) is 25.9 Å². The molecule has 0 bridgehead atoms. The summed E-state index contributed by atoms with van der Waals surface area (Å²) in [6.45, 7) is 3.32. The maximum Gasteiger partial charge on any atom is 0.217 e. The largest absolute Gasteiger partial charge is 0.391 e. The lowest BCUT2D eigenvalue weighted by Gasteiger charge is -2.47. The van der Waals surface area contributed by atoms with Gasteiger partial charge < -0.3 is 26.2 Å². The lowest BCUT2D eigenvalue weighted by Crippen LogP contribution is -2.67. The third kappa shape index (κ3) is 4.75. The van der Waals surface area contributed by atoms with E-state index in [-0.39, 0.29) is 33.7 Å². The standard InChI is InChI=1S/C11H23B2IN4O3/c1-3(12)8(20)9-7(17-4(2)19)6(18-11(15)16)5(13)10(14)21-9/h3,5-10,20H,12-13H2,1-2H3,(H,17,19)(H4,15,16,18)/t3-,5?,6?,7?,8-,9?,10?/m1/s1. The van der Waals surface area contributed by atoms with E-state index >= 15 is 0 Å². The molecule has 1 aliphatic heterocycles. The smallest absolute Gasteiger partial charge is 0.217 e. The first-order chi connectivity index (χ1) is 9.65. The number of hydrogen-bond donors (Lipinski definition) is 5. The van der Waals surface area contributed by atoms with Gasteiger partial charge in [0.15, 0.2) is 5.96 Å². The number of halogens is 1. The lowest BCUT2D eigenvalue weighted by atomic mass is 9.71. The van der Waals surface area contributed by atoms with Crippen molar-refractivity contribution >= 4 is 50.2 Å². The van der Waals surface area contributed by atoms with Crippen molar-refractivity contribution in [3.63, 3.8) is 0 Å². The summed E-state index contributed by atoms with van der Waals surface area (Å²) in [5.74, 6) is -0.368. The number of aliphatic hydroxyl groups excluding tert-OH is 1. The number of ether oxygens (including phenoxy) is 1. The molecule has 0 aromatic rings. The van der Waals surface area contributed by atoms with Crippen molar-refractivity contribution in [1.82, 2.24) is 10.6 Å². The summed E-state index contributed by atoms with van der Waals surface area (Å²) in [6, 6.07) is -0.731. The second-order valence-corrected chi connectivity index (χ2v) is 7.08. The minimum Gasteiger partial charge on any atom is -0.391 e. The van der Waals surface area contributed by atoms with Gasteiger partial charge in [-0.25, -0.2) is 0 Å². The topological polar surface area (TPSA) is 120 Å². The zero-order valence-corrected chi connectivity index (χ0v) is 14.9. The first-order valence-electron chi connectivity index (χ1n) is 7.00. The monoisotopic (exact) mass is 408 g/mol. The molecule has 1 rings (SSSR count). The van der Waals surface area contributed by atoms with Gasteiger partial charge in [-0.3, -0.25) is 10.2 Å². The summed E-state index contributed by atoms with van der Waals surface area (Å²) >= 11 is 2.16. The number of carbonyl (C=O) groups is 1. The molecule has 1 fully saturated rings. The van der Waals surface area contributed by atoms with Gasteiger partial charge in [0, 0.05) is 6.92 Å². The van der Waals surface area contributed by atoms with E-state index in [9.17, 15) is 9.90 Å². The molecule has 1 aliphatic rings. The van der Waals surface area contributed by atoms with E-state index in [1.165, 1.54) is 6.92 Å². The van der Waals surface area contributed by atoms with Crippen LogP contribution >= 0.6 is 22.6 Å². The van der Waals surface area contributed by atoms with Crippen LogP contribution in [0.4, 0.5) is 0 Å². The molecular formula is C11H23B2IN4O3. The van der Waals surface area contributed by atoms with E-state index < -0.39 is 18.2 Å². The normalized spacial score (nSPS) is 35.5. The first-order valence-corrected chi connectivity index (χ1v) is 8.25. The average molecular weight is 408 g/mol. The highest BCUT2D eigenvalue weighted by molar-refractivity contribution is 14.1. The number of alkyl halides is 1. The Morgan fingerprint density at radius 2 is 2.05 bits per heavy atom. The minimum absolute atomic E-state index is 0.0127. The summed E-state index contributed by atoms with van der Waals surface area (Å²) in [6.07, 6.45) is -1.27. The van der Waals surface area contributed by atoms with Gasteiger partial charge in [-0.2, -0.15) is 0 Å². The van der Waals surface area contributed by atoms with Gasteiger partial charge in [-0.15, -0.1) is 0 Å². The number of nitrogens with one attached hydrogen (secondary N) is 3. The second kappa shape index (κ2) is 7.68. The highest BCUT2D eigenvalue weighted by Gasteiger charge is 2.46. The van der Waals surface area contributed by atoms with Crippen molar-refractivity contribution in [2.75, 3.05) is 0 Å². The fourth-order valence-corrected chi connectivity index (χ4v) is 3.32. The number of amides is 1. The van der Waals surface area contributed by atoms with Gasteiger partial charge in [-0.1, -0.05) is 29.5 Å². The van der Waals surface area contributed by atoms with Gasteiger partial charge in [-0.05, 0) is 11.6 Å². The Bertz CT molecular complexity index is 402. The van der Waals surface area contributed by atoms with Crippen molar-refractivity contribution in [3.8, 4) is 0 Å². The van der Waals surface area contributed by atoms with Crippen LogP contribution in [-0.4, -0.2) is 61.1 Å². The summed E-state index contributed by atoms with van der Waals surface area (Å²) in [5, 5.41) is 23.6. The van der Waals surface area contributed by atoms with Crippen LogP contribution in [0.5, 0.6) is 0 Å². The van der Waals surface area contributed by atoms with E-state index in [0.717, 1.165) is 0 Å². The molecule has 7 nitrogen and oxygen atoms in total. The van der Waals surface area contributed by atoms with E-state index in [0.29, 0.717) is 0 Å². The fourth-order valence-electron chi connectivity index (χ4n) is 2.53. The molecule has 0 aliphatic carbocycles. The van der Waals surface area contributed by atoms with Crippen LogP contribution in [0.2, 0.25) is 11.6 Å². The molecule has 0 aromatic carbocycles. The Hall–Kier alpha value is -0.480. The molecule has 0 radical (unpaired) electrons. The molecular weight excluding hydrogens is 385 g/mol. The third-order valence-electron chi connectivity index (χ3n) is 3.72. The summed E-state index contributed by atoms with van der Waals surface area (Å²) in [5.41, 5.74) is 5.46. The second-order valence-electron chi connectivity index (χ2n) is 5.86. The number of aliphatic hydroxyl groups is 1. The van der Waals surface area contributed by atoms with Gasteiger partial charge in [0.05, 0.1) is 18.2 Å². The van der Waals surface area contributed by atoms with Crippen LogP contribution in [0.1, 0.15) is 13.8 Å². The molecule has 0 saturated carbocycles. The van der Waals surface area contributed by atoms with Gasteiger partial charge in [0.2, 0.25) is 5.91 Å². The molecule has 1 heterocycles. The van der Waals surface area contributed by atoms with E-state index in [2.05, 4.69) is 33.2 Å². The SMILES string of the molecule is BC1C(I)OC([C@H](O)[C@H](B)C)C(NC(C)=O)C1NC(=N)N. The van der Waals surface area contributed by atoms with Crippen molar-refractivity contribution < 1.29 is 14.6 Å². The van der Waals surface area contributed by atoms with Gasteiger partial charge >= 0.3 is 0 Å². The van der Waals surface area contributed by atoms with Crippen LogP contribution in [0, 0.1) is 5.41 Å². The van der Waals surface area contributed by atoms with Crippen LogP contribution in [0.25, 0.3) is 0 Å². The van der Waals surface area contributed by atoms with Crippen LogP contribution in [-0.2, 0) is 9.53 Å². The number of hydrogen-bond acceptors (Lipinski definition) is 4. The predicted octanol–water partition coefficient (Wildman–Crippen LogP) is -2.27. The van der Waals surface area contributed by atoms with E-state index in [4.69, 9.17) is 15.9 Å².